The molecule has 3 N–H and O–H groups in total. The Kier molecular flexibility index (Phi) is 3.65. The molecule has 0 saturated carbocycles. The molecule has 0 amide bonds. The molecule has 21 heavy (non-hydrogen) atoms. The molecule has 0 fully saturated rings. The predicted molar refractivity (Wildman–Crippen MR) is 88.4 cm³/mol. The summed E-state index contributed by atoms with van der Waals surface area (Å²) in [4.78, 5) is 8.14. The quantitative estimate of drug-likeness (QED) is 0.708. The number of hydrogen-bond donors (Lipinski definition) is 2. The number of aromatic nitrogens is 2. The smallest absolute Gasteiger partial charge is 0.107 e. The van der Waals surface area contributed by atoms with Gasteiger partial charge in [0.15, 0.2) is 0 Å². The van der Waals surface area contributed by atoms with Crippen molar-refractivity contribution in [1.29, 1.82) is 0 Å². The topological polar surface area (TPSA) is 54.7 Å². The van der Waals surface area contributed by atoms with Crippen LogP contribution >= 0.6 is 0 Å². The third-order valence-corrected chi connectivity index (χ3v) is 4.01. The molecule has 3 nitrogen and oxygen atoms in total. The fraction of sp³-hybridized carbons (Fsp3) is 0.278. The highest BCUT2D eigenvalue weighted by Gasteiger charge is 2.10. The first-order valence-electron chi connectivity index (χ1n) is 7.48. The summed E-state index contributed by atoms with van der Waals surface area (Å²) in [6.07, 6.45) is 1.95. The average Bonchev–Trinajstić information content (AvgIpc) is 2.88. The van der Waals surface area contributed by atoms with Gasteiger partial charge in [0.2, 0.25) is 0 Å². The SMILES string of the molecule is CCc1ccc2nc(CC(C)c3ccc(N)cc3)[nH]c2c1. The number of hydrogen-bond acceptors (Lipinski definition) is 2. The number of rotatable bonds is 4. The number of anilines is 1. The zero-order valence-electron chi connectivity index (χ0n) is 12.6. The predicted octanol–water partition coefficient (Wildman–Crippen LogP) is 4.05. The second-order valence-corrected chi connectivity index (χ2v) is 5.66. The summed E-state index contributed by atoms with van der Waals surface area (Å²) in [6, 6.07) is 14.5. The third kappa shape index (κ3) is 2.92. The maximum atomic E-state index is 5.74. The molecule has 0 spiro atoms. The average molecular weight is 279 g/mol. The Morgan fingerprint density at radius 2 is 1.90 bits per heavy atom. The van der Waals surface area contributed by atoms with Crippen LogP contribution in [0.25, 0.3) is 11.0 Å². The van der Waals surface area contributed by atoms with Gasteiger partial charge in [0.25, 0.3) is 0 Å². The summed E-state index contributed by atoms with van der Waals surface area (Å²) in [5, 5.41) is 0. The van der Waals surface area contributed by atoms with Crippen molar-refractivity contribution in [2.24, 2.45) is 0 Å². The van der Waals surface area contributed by atoms with Crippen LogP contribution in [0.3, 0.4) is 0 Å². The molecule has 3 heteroatoms. The number of nitrogens with zero attached hydrogens (tertiary/aromatic N) is 1. The molecular weight excluding hydrogens is 258 g/mol. The van der Waals surface area contributed by atoms with E-state index in [0.717, 1.165) is 35.4 Å². The van der Waals surface area contributed by atoms with Crippen LogP contribution in [0.1, 0.15) is 36.7 Å². The van der Waals surface area contributed by atoms with Gasteiger partial charge in [-0.3, -0.25) is 0 Å². The van der Waals surface area contributed by atoms with Crippen LogP contribution in [0.5, 0.6) is 0 Å². The van der Waals surface area contributed by atoms with E-state index in [1.165, 1.54) is 11.1 Å². The number of fused-ring (bicyclic) bond motifs is 1. The van der Waals surface area contributed by atoms with E-state index in [-0.39, 0.29) is 0 Å². The summed E-state index contributed by atoms with van der Waals surface area (Å²) in [7, 11) is 0. The van der Waals surface area contributed by atoms with Gasteiger partial charge in [0, 0.05) is 12.1 Å². The number of aryl methyl sites for hydroxylation is 1. The van der Waals surface area contributed by atoms with E-state index in [4.69, 9.17) is 10.7 Å². The number of imidazole rings is 1. The molecule has 0 radical (unpaired) electrons. The fourth-order valence-electron chi connectivity index (χ4n) is 2.66. The van der Waals surface area contributed by atoms with Crippen molar-refractivity contribution >= 4 is 16.7 Å². The van der Waals surface area contributed by atoms with Gasteiger partial charge < -0.3 is 10.7 Å². The standard InChI is InChI=1S/C18H21N3/c1-3-13-4-9-16-17(11-13)21-18(20-16)10-12(2)14-5-7-15(19)8-6-14/h4-9,11-12H,3,10,19H2,1-2H3,(H,20,21). The van der Waals surface area contributed by atoms with Crippen molar-refractivity contribution < 1.29 is 0 Å². The van der Waals surface area contributed by atoms with E-state index in [0.29, 0.717) is 5.92 Å². The van der Waals surface area contributed by atoms with Crippen LogP contribution in [0, 0.1) is 0 Å². The highest BCUT2D eigenvalue weighted by Crippen LogP contribution is 2.22. The number of nitrogens with two attached hydrogens (primary N) is 1. The highest BCUT2D eigenvalue weighted by molar-refractivity contribution is 5.75. The number of aromatic amines is 1. The monoisotopic (exact) mass is 279 g/mol. The number of H-pyrrole nitrogens is 1. The van der Waals surface area contributed by atoms with Gasteiger partial charge in [-0.05, 0) is 47.7 Å². The summed E-state index contributed by atoms with van der Waals surface area (Å²) in [5.74, 6) is 1.46. The lowest BCUT2D eigenvalue weighted by Crippen LogP contribution is -2.00. The van der Waals surface area contributed by atoms with Crippen LogP contribution in [-0.4, -0.2) is 9.97 Å². The maximum absolute atomic E-state index is 5.74. The van der Waals surface area contributed by atoms with Gasteiger partial charge in [0.05, 0.1) is 11.0 Å². The normalized spacial score (nSPS) is 12.7. The van der Waals surface area contributed by atoms with Crippen molar-refractivity contribution in [1.82, 2.24) is 9.97 Å². The van der Waals surface area contributed by atoms with Gasteiger partial charge in [-0.25, -0.2) is 4.98 Å². The van der Waals surface area contributed by atoms with Gasteiger partial charge in [0.1, 0.15) is 5.82 Å². The van der Waals surface area contributed by atoms with Crippen molar-refractivity contribution in [2.45, 2.75) is 32.6 Å². The molecule has 2 aromatic carbocycles. The van der Waals surface area contributed by atoms with Gasteiger partial charge in [-0.15, -0.1) is 0 Å². The Morgan fingerprint density at radius 3 is 2.62 bits per heavy atom. The molecule has 108 valence electrons. The molecular formula is C18H21N3. The van der Waals surface area contributed by atoms with Crippen LogP contribution < -0.4 is 5.73 Å². The first kappa shape index (κ1) is 13.7. The zero-order valence-corrected chi connectivity index (χ0v) is 12.6. The molecule has 3 rings (SSSR count). The molecule has 0 aliphatic carbocycles. The zero-order chi connectivity index (χ0) is 14.8. The second-order valence-electron chi connectivity index (χ2n) is 5.66. The molecule has 1 aromatic heterocycles. The summed E-state index contributed by atoms with van der Waals surface area (Å²) >= 11 is 0. The first-order valence-corrected chi connectivity index (χ1v) is 7.48. The van der Waals surface area contributed by atoms with Crippen molar-refractivity contribution in [3.8, 4) is 0 Å². The van der Waals surface area contributed by atoms with E-state index >= 15 is 0 Å². The first-order chi connectivity index (χ1) is 10.2. The Morgan fingerprint density at radius 1 is 1.14 bits per heavy atom. The van der Waals surface area contributed by atoms with E-state index < -0.39 is 0 Å². The Bertz CT molecular complexity index is 741. The molecule has 1 atom stereocenters. The van der Waals surface area contributed by atoms with Gasteiger partial charge in [-0.2, -0.15) is 0 Å². The molecule has 0 bridgehead atoms. The molecule has 0 aliphatic heterocycles. The van der Waals surface area contributed by atoms with Gasteiger partial charge in [-0.1, -0.05) is 32.0 Å². The molecule has 1 unspecified atom stereocenters. The van der Waals surface area contributed by atoms with E-state index in [1.54, 1.807) is 0 Å². The summed E-state index contributed by atoms with van der Waals surface area (Å²) in [6.45, 7) is 4.39. The van der Waals surface area contributed by atoms with Crippen LogP contribution in [0.15, 0.2) is 42.5 Å². The Hall–Kier alpha value is -2.29. The number of nitrogens with one attached hydrogen (secondary N) is 1. The molecule has 0 aliphatic rings. The van der Waals surface area contributed by atoms with Crippen LogP contribution in [0.2, 0.25) is 0 Å². The molecule has 0 saturated heterocycles. The molecule has 1 heterocycles. The highest BCUT2D eigenvalue weighted by atomic mass is 14.9. The minimum atomic E-state index is 0.414. The van der Waals surface area contributed by atoms with Crippen molar-refractivity contribution in [3.05, 3.63) is 59.4 Å². The van der Waals surface area contributed by atoms with E-state index in [9.17, 15) is 0 Å². The van der Waals surface area contributed by atoms with E-state index in [2.05, 4.69) is 49.2 Å². The number of benzene rings is 2. The maximum Gasteiger partial charge on any atom is 0.107 e. The van der Waals surface area contributed by atoms with E-state index in [1.807, 2.05) is 12.1 Å². The molecule has 3 aromatic rings. The summed E-state index contributed by atoms with van der Waals surface area (Å²) in [5.41, 5.74) is 11.4. The lowest BCUT2D eigenvalue weighted by molar-refractivity contribution is 0.729. The van der Waals surface area contributed by atoms with Gasteiger partial charge >= 0.3 is 0 Å². The largest absolute Gasteiger partial charge is 0.399 e. The summed E-state index contributed by atoms with van der Waals surface area (Å²) < 4.78 is 0. The fourth-order valence-corrected chi connectivity index (χ4v) is 2.66. The third-order valence-electron chi connectivity index (χ3n) is 4.01. The van der Waals surface area contributed by atoms with Crippen LogP contribution in [0.4, 0.5) is 5.69 Å². The van der Waals surface area contributed by atoms with Crippen LogP contribution in [-0.2, 0) is 12.8 Å². The minimum absolute atomic E-state index is 0.414. The Labute approximate surface area is 125 Å². The lowest BCUT2D eigenvalue weighted by atomic mass is 9.97. The van der Waals surface area contributed by atoms with Crippen molar-refractivity contribution in [3.63, 3.8) is 0 Å². The number of nitrogen functional groups attached to an aromatic ring is 1. The lowest BCUT2D eigenvalue weighted by Gasteiger charge is -2.10. The van der Waals surface area contributed by atoms with Crippen molar-refractivity contribution in [2.75, 3.05) is 5.73 Å². The second kappa shape index (κ2) is 5.60. The Balaban J connectivity index is 1.82. The minimum Gasteiger partial charge on any atom is -0.399 e.